The topological polar surface area (TPSA) is 39.7 Å². The Morgan fingerprint density at radius 3 is 2.25 bits per heavy atom. The van der Waals surface area contributed by atoms with E-state index in [1.165, 1.54) is 17.2 Å². The lowest BCUT2D eigenvalue weighted by atomic mass is 10.1. The number of hydrogen-bond acceptors (Lipinski definition) is 3. The molecule has 0 saturated heterocycles. The number of guanidine groups is 1. The van der Waals surface area contributed by atoms with Crippen LogP contribution >= 0.6 is 35.7 Å². The summed E-state index contributed by atoms with van der Waals surface area (Å²) in [6, 6.07) is 13.5. The van der Waals surface area contributed by atoms with Gasteiger partial charge in [0.2, 0.25) is 0 Å². The first-order valence-electron chi connectivity index (χ1n) is 8.95. The van der Waals surface area contributed by atoms with Crippen LogP contribution < -0.4 is 10.6 Å². The molecule has 0 aliphatic carbocycles. The molecule has 0 atom stereocenters. The molecule has 0 saturated carbocycles. The average Bonchev–Trinajstić information content (AvgIpc) is 2.64. The van der Waals surface area contributed by atoms with Crippen molar-refractivity contribution in [1.29, 1.82) is 0 Å². The highest BCUT2D eigenvalue weighted by molar-refractivity contribution is 14.0. The van der Waals surface area contributed by atoms with Crippen LogP contribution in [0.1, 0.15) is 22.3 Å². The van der Waals surface area contributed by atoms with Crippen molar-refractivity contribution in [2.45, 2.75) is 25.4 Å². The number of rotatable bonds is 8. The van der Waals surface area contributed by atoms with E-state index >= 15 is 0 Å². The van der Waals surface area contributed by atoms with Gasteiger partial charge in [0.05, 0.1) is 0 Å². The lowest BCUT2D eigenvalue weighted by Crippen LogP contribution is -2.36. The monoisotopic (exact) mass is 516 g/mol. The van der Waals surface area contributed by atoms with Crippen molar-refractivity contribution in [3.8, 4) is 0 Å². The fourth-order valence-electron chi connectivity index (χ4n) is 2.77. The van der Waals surface area contributed by atoms with Crippen molar-refractivity contribution in [3.63, 3.8) is 0 Å². The summed E-state index contributed by atoms with van der Waals surface area (Å²) in [5.74, 6) is 1.33. The Morgan fingerprint density at radius 1 is 1.00 bits per heavy atom. The molecular weight excluding hydrogens is 486 g/mol. The van der Waals surface area contributed by atoms with Gasteiger partial charge in [-0.3, -0.25) is 4.99 Å². The number of halogens is 2. The van der Waals surface area contributed by atoms with Crippen molar-refractivity contribution in [2.75, 3.05) is 27.4 Å². The zero-order chi connectivity index (χ0) is 19.6. The maximum absolute atomic E-state index is 13.5. The van der Waals surface area contributed by atoms with Gasteiger partial charge in [-0.1, -0.05) is 30.3 Å². The van der Waals surface area contributed by atoms with Crippen LogP contribution in [0.5, 0.6) is 0 Å². The predicted octanol–water partition coefficient (Wildman–Crippen LogP) is 4.23. The zero-order valence-electron chi connectivity index (χ0n) is 17.0. The van der Waals surface area contributed by atoms with Gasteiger partial charge in [0.1, 0.15) is 5.82 Å². The normalized spacial score (nSPS) is 11.3. The van der Waals surface area contributed by atoms with Gasteiger partial charge >= 0.3 is 0 Å². The number of benzene rings is 2. The van der Waals surface area contributed by atoms with E-state index in [2.05, 4.69) is 58.9 Å². The summed E-state index contributed by atoms with van der Waals surface area (Å²) in [4.78, 5) is 6.43. The first-order valence-corrected chi connectivity index (χ1v) is 10.3. The van der Waals surface area contributed by atoms with Crippen LogP contribution in [0.15, 0.2) is 47.5 Å². The van der Waals surface area contributed by atoms with Gasteiger partial charge < -0.3 is 15.5 Å². The van der Waals surface area contributed by atoms with Crippen LogP contribution in [0.25, 0.3) is 0 Å². The molecule has 2 aromatic rings. The van der Waals surface area contributed by atoms with Gasteiger partial charge in [-0.2, -0.15) is 11.8 Å². The largest absolute Gasteiger partial charge is 0.352 e. The van der Waals surface area contributed by atoms with Gasteiger partial charge in [-0.05, 0) is 54.7 Å². The van der Waals surface area contributed by atoms with Crippen molar-refractivity contribution < 1.29 is 4.39 Å². The summed E-state index contributed by atoms with van der Waals surface area (Å²) in [6.45, 7) is 2.24. The van der Waals surface area contributed by atoms with Crippen molar-refractivity contribution >= 4 is 41.7 Å². The van der Waals surface area contributed by atoms with Crippen LogP contribution in [0.2, 0.25) is 0 Å². The van der Waals surface area contributed by atoms with E-state index in [-0.39, 0.29) is 29.8 Å². The Balaban J connectivity index is 0.00000392. The predicted molar refractivity (Wildman–Crippen MR) is 130 cm³/mol. The summed E-state index contributed by atoms with van der Waals surface area (Å²) < 4.78 is 13.5. The van der Waals surface area contributed by atoms with E-state index in [1.807, 2.05) is 12.3 Å². The van der Waals surface area contributed by atoms with Crippen molar-refractivity contribution in [3.05, 3.63) is 70.5 Å². The number of aliphatic imine (C=N–C) groups is 1. The SMILES string of the molecule is CN=C(NCc1ccc(CN(C)C)cc1)NCc1ccc(F)cc1CSC.I. The van der Waals surface area contributed by atoms with Gasteiger partial charge in [0.25, 0.3) is 0 Å². The molecule has 4 nitrogen and oxygen atoms in total. The number of hydrogen-bond donors (Lipinski definition) is 2. The van der Waals surface area contributed by atoms with Crippen molar-refractivity contribution in [2.24, 2.45) is 4.99 Å². The molecule has 0 radical (unpaired) electrons. The van der Waals surface area contributed by atoms with E-state index in [0.717, 1.165) is 29.4 Å². The third kappa shape index (κ3) is 8.36. The Bertz CT molecular complexity index is 751. The second-order valence-corrected chi connectivity index (χ2v) is 7.55. The van der Waals surface area contributed by atoms with Gasteiger partial charge in [0, 0.05) is 32.4 Å². The maximum atomic E-state index is 13.5. The molecule has 28 heavy (non-hydrogen) atoms. The average molecular weight is 516 g/mol. The number of nitrogens with zero attached hydrogens (tertiary/aromatic N) is 2. The first-order chi connectivity index (χ1) is 13.0. The van der Waals surface area contributed by atoms with Gasteiger partial charge in [0.15, 0.2) is 5.96 Å². The molecule has 0 fully saturated rings. The Labute approximate surface area is 189 Å². The van der Waals surface area contributed by atoms with Crippen LogP contribution in [-0.2, 0) is 25.4 Å². The highest BCUT2D eigenvalue weighted by Crippen LogP contribution is 2.16. The molecular formula is C21H30FIN4S. The molecule has 0 amide bonds. The molecule has 2 N–H and O–H groups in total. The quantitative estimate of drug-likeness (QED) is 0.313. The lowest BCUT2D eigenvalue weighted by molar-refractivity contribution is 0.402. The minimum absolute atomic E-state index is 0. The molecule has 0 unspecified atom stereocenters. The molecule has 0 spiro atoms. The van der Waals surface area contributed by atoms with Crippen LogP contribution in [0, 0.1) is 5.82 Å². The van der Waals surface area contributed by atoms with E-state index in [1.54, 1.807) is 24.9 Å². The molecule has 154 valence electrons. The molecule has 7 heteroatoms. The summed E-state index contributed by atoms with van der Waals surface area (Å²) >= 11 is 1.69. The van der Waals surface area contributed by atoms with Gasteiger partial charge in [-0.25, -0.2) is 4.39 Å². The minimum atomic E-state index is -0.192. The fraction of sp³-hybridized carbons (Fsp3) is 0.381. The molecule has 2 aromatic carbocycles. The summed E-state index contributed by atoms with van der Waals surface area (Å²) in [5, 5.41) is 6.64. The Kier molecular flexibility index (Phi) is 11.5. The van der Waals surface area contributed by atoms with Crippen LogP contribution in [0.4, 0.5) is 4.39 Å². The standard InChI is InChI=1S/C21H29FN4S.HI/c1-23-21(24-12-16-5-7-17(8-6-16)14-26(2)3)25-13-18-9-10-20(22)11-19(18)15-27-4;/h5-11H,12-15H2,1-4H3,(H2,23,24,25);1H. The summed E-state index contributed by atoms with van der Waals surface area (Å²) in [6.07, 6.45) is 2.02. The fourth-order valence-corrected chi connectivity index (χ4v) is 3.35. The lowest BCUT2D eigenvalue weighted by Gasteiger charge is -2.15. The molecule has 2 rings (SSSR count). The molecule has 0 aromatic heterocycles. The van der Waals surface area contributed by atoms with E-state index in [4.69, 9.17) is 0 Å². The smallest absolute Gasteiger partial charge is 0.191 e. The molecule has 0 heterocycles. The van der Waals surface area contributed by atoms with Crippen molar-refractivity contribution in [1.82, 2.24) is 15.5 Å². The van der Waals surface area contributed by atoms with Crippen LogP contribution in [0.3, 0.4) is 0 Å². The van der Waals surface area contributed by atoms with E-state index in [0.29, 0.717) is 13.1 Å². The second-order valence-electron chi connectivity index (χ2n) is 6.68. The van der Waals surface area contributed by atoms with Gasteiger partial charge in [-0.15, -0.1) is 24.0 Å². The van der Waals surface area contributed by atoms with E-state index in [9.17, 15) is 4.39 Å². The Morgan fingerprint density at radius 2 is 1.64 bits per heavy atom. The summed E-state index contributed by atoms with van der Waals surface area (Å²) in [7, 11) is 5.89. The second kappa shape index (κ2) is 13.0. The highest BCUT2D eigenvalue weighted by atomic mass is 127. The molecule has 0 aliphatic rings. The van der Waals surface area contributed by atoms with E-state index < -0.39 is 0 Å². The highest BCUT2D eigenvalue weighted by Gasteiger charge is 2.06. The number of nitrogens with one attached hydrogen (secondary N) is 2. The first kappa shape index (κ1) is 24.7. The Hall–Kier alpha value is -1.32. The third-order valence-electron chi connectivity index (χ3n) is 4.12. The zero-order valence-corrected chi connectivity index (χ0v) is 20.1. The molecule has 0 bridgehead atoms. The third-order valence-corrected chi connectivity index (χ3v) is 4.72. The number of thioether (sulfide) groups is 1. The minimum Gasteiger partial charge on any atom is -0.352 e. The van der Waals surface area contributed by atoms with Crippen LogP contribution in [-0.4, -0.2) is 38.3 Å². The maximum Gasteiger partial charge on any atom is 0.191 e. The molecule has 0 aliphatic heterocycles. The summed E-state index contributed by atoms with van der Waals surface area (Å²) in [5.41, 5.74) is 4.60.